The van der Waals surface area contributed by atoms with Crippen LogP contribution in [0.2, 0.25) is 0 Å². The van der Waals surface area contributed by atoms with Gasteiger partial charge < -0.3 is 9.84 Å². The number of aliphatic hydroxyl groups excluding tert-OH is 1. The molecule has 0 bridgehead atoms. The van der Waals surface area contributed by atoms with Gasteiger partial charge in [-0.2, -0.15) is 0 Å². The maximum Gasteiger partial charge on any atom is 0.308 e. The van der Waals surface area contributed by atoms with Crippen LogP contribution >= 0.6 is 0 Å². The minimum atomic E-state index is -0.966. The van der Waals surface area contributed by atoms with Crippen molar-refractivity contribution in [1.29, 1.82) is 0 Å². The average molecular weight is 290 g/mol. The first-order valence-corrected chi connectivity index (χ1v) is 7.43. The van der Waals surface area contributed by atoms with E-state index in [0.717, 1.165) is 25.7 Å². The van der Waals surface area contributed by atoms with Crippen molar-refractivity contribution in [2.75, 3.05) is 7.11 Å². The monoisotopic (exact) mass is 290 g/mol. The molecule has 1 unspecified atom stereocenters. The van der Waals surface area contributed by atoms with E-state index >= 15 is 0 Å². The Kier molecular flexibility index (Phi) is 5.12. The van der Waals surface area contributed by atoms with E-state index in [1.807, 2.05) is 12.1 Å². The van der Waals surface area contributed by atoms with Crippen LogP contribution in [-0.2, 0) is 9.53 Å². The van der Waals surface area contributed by atoms with Crippen molar-refractivity contribution in [3.63, 3.8) is 0 Å². The molecule has 0 heterocycles. The van der Waals surface area contributed by atoms with E-state index in [0.29, 0.717) is 11.5 Å². The van der Waals surface area contributed by atoms with E-state index in [1.54, 1.807) is 12.1 Å². The maximum atomic E-state index is 11.7. The number of benzene rings is 1. The molecule has 0 amide bonds. The van der Waals surface area contributed by atoms with Crippen molar-refractivity contribution in [1.82, 2.24) is 0 Å². The second-order valence-corrected chi connectivity index (χ2v) is 5.73. The summed E-state index contributed by atoms with van der Waals surface area (Å²) >= 11 is 0. The summed E-state index contributed by atoms with van der Waals surface area (Å²) in [6.07, 6.45) is 2.66. The Bertz CT molecular complexity index is 496. The molecule has 1 atom stereocenters. The van der Waals surface area contributed by atoms with Gasteiger partial charge in [-0.15, -0.1) is 0 Å². The van der Waals surface area contributed by atoms with E-state index < -0.39 is 6.10 Å². The van der Waals surface area contributed by atoms with Gasteiger partial charge in [0.25, 0.3) is 0 Å². The molecule has 0 radical (unpaired) electrons. The molecule has 1 aromatic rings. The van der Waals surface area contributed by atoms with E-state index in [9.17, 15) is 14.7 Å². The summed E-state index contributed by atoms with van der Waals surface area (Å²) in [6, 6.07) is 7.46. The number of ether oxygens (including phenoxy) is 1. The van der Waals surface area contributed by atoms with Crippen molar-refractivity contribution in [3.8, 4) is 0 Å². The van der Waals surface area contributed by atoms with Crippen LogP contribution in [0.15, 0.2) is 24.3 Å². The molecule has 1 aliphatic carbocycles. The second kappa shape index (κ2) is 6.85. The number of carbonyl (C=O) groups is 2. The second-order valence-electron chi connectivity index (χ2n) is 5.73. The molecule has 0 aromatic heterocycles. The minimum Gasteiger partial charge on any atom is -0.469 e. The molecule has 4 nitrogen and oxygen atoms in total. The third-order valence-corrected chi connectivity index (χ3v) is 4.31. The van der Waals surface area contributed by atoms with Gasteiger partial charge in [-0.05, 0) is 44.1 Å². The van der Waals surface area contributed by atoms with Crippen LogP contribution in [0, 0.1) is 5.92 Å². The molecule has 0 saturated heterocycles. The Labute approximate surface area is 125 Å². The largest absolute Gasteiger partial charge is 0.469 e. The lowest BCUT2D eigenvalue weighted by Crippen LogP contribution is -2.22. The summed E-state index contributed by atoms with van der Waals surface area (Å²) in [6.45, 7) is 1.48. The normalized spacial score (nSPS) is 23.4. The topological polar surface area (TPSA) is 63.6 Å². The number of ketones is 1. The lowest BCUT2D eigenvalue weighted by atomic mass is 9.78. The highest BCUT2D eigenvalue weighted by Gasteiger charge is 2.27. The van der Waals surface area contributed by atoms with Gasteiger partial charge in [-0.3, -0.25) is 9.59 Å². The Balaban J connectivity index is 1.98. The smallest absolute Gasteiger partial charge is 0.308 e. The van der Waals surface area contributed by atoms with Crippen LogP contribution in [0.25, 0.3) is 0 Å². The van der Waals surface area contributed by atoms with Crippen LogP contribution in [0.5, 0.6) is 0 Å². The van der Waals surface area contributed by atoms with Crippen molar-refractivity contribution >= 4 is 11.8 Å². The molecule has 1 fully saturated rings. The van der Waals surface area contributed by atoms with Crippen molar-refractivity contribution < 1.29 is 19.4 Å². The predicted molar refractivity (Wildman–Crippen MR) is 79.2 cm³/mol. The number of aliphatic hydroxyl groups is 1. The molecule has 0 spiro atoms. The van der Waals surface area contributed by atoms with Gasteiger partial charge in [0.05, 0.1) is 13.0 Å². The predicted octanol–water partition coefficient (Wildman–Crippen LogP) is 2.70. The molecule has 21 heavy (non-hydrogen) atoms. The average Bonchev–Trinajstić information content (AvgIpc) is 2.53. The first-order valence-electron chi connectivity index (χ1n) is 7.43. The number of esters is 1. The number of rotatable bonds is 4. The maximum absolute atomic E-state index is 11.7. The van der Waals surface area contributed by atoms with Crippen LogP contribution in [0.3, 0.4) is 0 Å². The van der Waals surface area contributed by atoms with Crippen LogP contribution in [-0.4, -0.2) is 30.1 Å². The summed E-state index contributed by atoms with van der Waals surface area (Å²) in [5.41, 5.74) is 1.73. The Morgan fingerprint density at radius 3 is 2.19 bits per heavy atom. The Morgan fingerprint density at radius 2 is 1.71 bits per heavy atom. The Morgan fingerprint density at radius 1 is 1.14 bits per heavy atom. The molecule has 114 valence electrons. The van der Waals surface area contributed by atoms with Gasteiger partial charge >= 0.3 is 5.97 Å². The quantitative estimate of drug-likeness (QED) is 0.684. The molecule has 4 heteroatoms. The van der Waals surface area contributed by atoms with E-state index in [1.165, 1.54) is 19.6 Å². The van der Waals surface area contributed by atoms with Gasteiger partial charge in [0.2, 0.25) is 0 Å². The summed E-state index contributed by atoms with van der Waals surface area (Å²) in [5.74, 6) is 0.103. The van der Waals surface area contributed by atoms with Crippen molar-refractivity contribution in [3.05, 3.63) is 35.4 Å². The van der Waals surface area contributed by atoms with Crippen molar-refractivity contribution in [2.24, 2.45) is 5.92 Å². The van der Waals surface area contributed by atoms with Gasteiger partial charge in [-0.1, -0.05) is 24.3 Å². The SMILES string of the molecule is COC(=O)[C@H]1CC[C@H](c2ccc(C(=O)C(C)O)cc2)CC1. The van der Waals surface area contributed by atoms with Gasteiger partial charge in [-0.25, -0.2) is 0 Å². The fraction of sp³-hybridized carbons (Fsp3) is 0.529. The van der Waals surface area contributed by atoms with Crippen LogP contribution < -0.4 is 0 Å². The van der Waals surface area contributed by atoms with Gasteiger partial charge in [0.1, 0.15) is 6.10 Å². The van der Waals surface area contributed by atoms with E-state index in [2.05, 4.69) is 0 Å². The van der Waals surface area contributed by atoms with E-state index in [-0.39, 0.29) is 17.7 Å². The number of Topliss-reactive ketones (excluding diaryl/α,β-unsaturated/α-hetero) is 1. The highest BCUT2D eigenvalue weighted by Crippen LogP contribution is 2.36. The molecule has 0 aliphatic heterocycles. The Hall–Kier alpha value is -1.68. The summed E-state index contributed by atoms with van der Waals surface area (Å²) < 4.78 is 4.80. The molecular formula is C17H22O4. The molecular weight excluding hydrogens is 268 g/mol. The van der Waals surface area contributed by atoms with Gasteiger partial charge in [0, 0.05) is 5.56 Å². The lowest BCUT2D eigenvalue weighted by Gasteiger charge is -2.27. The third-order valence-electron chi connectivity index (χ3n) is 4.31. The summed E-state index contributed by atoms with van der Waals surface area (Å²) in [4.78, 5) is 23.2. The van der Waals surface area contributed by atoms with Crippen LogP contribution in [0.4, 0.5) is 0 Å². The summed E-state index contributed by atoms with van der Waals surface area (Å²) in [7, 11) is 1.44. The van der Waals surface area contributed by atoms with Gasteiger partial charge in [0.15, 0.2) is 5.78 Å². The zero-order valence-corrected chi connectivity index (χ0v) is 12.5. The fourth-order valence-electron chi connectivity index (χ4n) is 2.99. The first kappa shape index (κ1) is 15.7. The molecule has 1 aromatic carbocycles. The number of hydrogen-bond acceptors (Lipinski definition) is 4. The molecule has 1 N–H and O–H groups in total. The van der Waals surface area contributed by atoms with Crippen molar-refractivity contribution in [2.45, 2.75) is 44.6 Å². The molecule has 1 aliphatic rings. The fourth-order valence-corrected chi connectivity index (χ4v) is 2.99. The number of hydrogen-bond donors (Lipinski definition) is 1. The zero-order chi connectivity index (χ0) is 15.4. The molecule has 2 rings (SSSR count). The van der Waals surface area contributed by atoms with E-state index in [4.69, 9.17) is 4.74 Å². The highest BCUT2D eigenvalue weighted by atomic mass is 16.5. The summed E-state index contributed by atoms with van der Waals surface area (Å²) in [5, 5.41) is 9.30. The first-order chi connectivity index (χ1) is 10.0. The number of methoxy groups -OCH3 is 1. The third kappa shape index (κ3) is 3.70. The zero-order valence-electron chi connectivity index (χ0n) is 12.5. The minimum absolute atomic E-state index is 0.0299. The van der Waals surface area contributed by atoms with Crippen LogP contribution in [0.1, 0.15) is 54.4 Å². The highest BCUT2D eigenvalue weighted by molar-refractivity contribution is 5.99. The lowest BCUT2D eigenvalue weighted by molar-refractivity contribution is -0.146. The molecule has 1 saturated carbocycles. The number of carbonyl (C=O) groups excluding carboxylic acids is 2. The standard InChI is InChI=1S/C17H22O4/c1-11(18)16(19)14-7-3-12(4-8-14)13-5-9-15(10-6-13)17(20)21-2/h3-4,7-8,11,13,15,18H,5-6,9-10H2,1-2H3/t11?,13-,15-.